The van der Waals surface area contributed by atoms with Crippen LogP contribution in [0.15, 0.2) is 18.2 Å². The second-order valence-electron chi connectivity index (χ2n) is 6.76. The summed E-state index contributed by atoms with van der Waals surface area (Å²) in [5.74, 6) is 0.999. The molecule has 2 rings (SSSR count). The smallest absolute Gasteiger partial charge is 0.253 e. The molecule has 1 aromatic rings. The van der Waals surface area contributed by atoms with Crippen LogP contribution in [-0.2, 0) is 4.79 Å². The van der Waals surface area contributed by atoms with Crippen molar-refractivity contribution in [2.24, 2.45) is 11.8 Å². The Morgan fingerprint density at radius 2 is 1.87 bits per heavy atom. The van der Waals surface area contributed by atoms with Gasteiger partial charge in [-0.2, -0.15) is 0 Å². The molecule has 0 saturated carbocycles. The molecule has 1 aliphatic rings. The average molecular weight is 317 g/mol. The molecule has 0 radical (unpaired) electrons. The Labute approximate surface area is 138 Å². The molecule has 1 fully saturated rings. The van der Waals surface area contributed by atoms with Gasteiger partial charge < -0.3 is 15.5 Å². The first-order chi connectivity index (χ1) is 10.9. The van der Waals surface area contributed by atoms with Crippen molar-refractivity contribution in [1.82, 2.24) is 10.2 Å². The van der Waals surface area contributed by atoms with Gasteiger partial charge in [0.25, 0.3) is 5.91 Å². The number of likely N-dealkylation sites (tertiary alicyclic amines) is 1. The molecule has 0 bridgehead atoms. The number of carbonyl (C=O) groups excluding carboxylic acids is 2. The third kappa shape index (κ3) is 4.55. The van der Waals surface area contributed by atoms with Gasteiger partial charge in [-0.25, -0.2) is 0 Å². The van der Waals surface area contributed by atoms with Crippen LogP contribution in [0.1, 0.15) is 36.2 Å². The van der Waals surface area contributed by atoms with E-state index in [-0.39, 0.29) is 18.4 Å². The summed E-state index contributed by atoms with van der Waals surface area (Å²) in [6, 6.07) is 5.52. The summed E-state index contributed by atoms with van der Waals surface area (Å²) in [6.07, 6.45) is 1.17. The molecule has 2 amide bonds. The minimum absolute atomic E-state index is 0.0486. The van der Waals surface area contributed by atoms with Crippen LogP contribution in [0.4, 0.5) is 5.69 Å². The van der Waals surface area contributed by atoms with Crippen molar-refractivity contribution in [2.45, 2.75) is 27.2 Å². The van der Waals surface area contributed by atoms with Gasteiger partial charge in [-0.1, -0.05) is 19.9 Å². The maximum Gasteiger partial charge on any atom is 0.253 e. The molecule has 2 N–H and O–H groups in total. The van der Waals surface area contributed by atoms with Crippen molar-refractivity contribution < 1.29 is 9.59 Å². The summed E-state index contributed by atoms with van der Waals surface area (Å²) in [5.41, 5.74) is 2.29. The minimum atomic E-state index is -0.111. The fourth-order valence-corrected chi connectivity index (χ4v) is 3.26. The van der Waals surface area contributed by atoms with Crippen LogP contribution in [0, 0.1) is 18.8 Å². The van der Waals surface area contributed by atoms with E-state index in [0.717, 1.165) is 18.7 Å². The van der Waals surface area contributed by atoms with Gasteiger partial charge in [-0.15, -0.1) is 0 Å². The molecule has 1 heterocycles. The second-order valence-corrected chi connectivity index (χ2v) is 6.76. The summed E-state index contributed by atoms with van der Waals surface area (Å²) >= 11 is 0. The average Bonchev–Trinajstić information content (AvgIpc) is 2.48. The van der Waals surface area contributed by atoms with Crippen LogP contribution in [0.3, 0.4) is 0 Å². The van der Waals surface area contributed by atoms with Crippen molar-refractivity contribution in [3.05, 3.63) is 29.3 Å². The summed E-state index contributed by atoms with van der Waals surface area (Å²) in [7, 11) is 1.73. The lowest BCUT2D eigenvalue weighted by Gasteiger charge is -2.35. The van der Waals surface area contributed by atoms with E-state index in [1.54, 1.807) is 13.1 Å². The second kappa shape index (κ2) is 7.59. The first-order valence-electron chi connectivity index (χ1n) is 8.25. The molecule has 1 aliphatic heterocycles. The Hall–Kier alpha value is -1.88. The Bertz CT molecular complexity index is 576. The van der Waals surface area contributed by atoms with Gasteiger partial charge in [0, 0.05) is 24.3 Å². The molecule has 1 aromatic carbocycles. The van der Waals surface area contributed by atoms with E-state index < -0.39 is 0 Å². The Morgan fingerprint density at radius 3 is 2.48 bits per heavy atom. The van der Waals surface area contributed by atoms with Gasteiger partial charge in [0.1, 0.15) is 0 Å². The predicted octanol–water partition coefficient (Wildman–Crippen LogP) is 2.27. The number of aryl methyl sites for hydroxylation is 1. The highest BCUT2D eigenvalue weighted by Gasteiger charge is 2.26. The summed E-state index contributed by atoms with van der Waals surface area (Å²) in [6.45, 7) is 8.16. The van der Waals surface area contributed by atoms with Crippen molar-refractivity contribution in [2.75, 3.05) is 32.0 Å². The number of benzene rings is 1. The van der Waals surface area contributed by atoms with E-state index in [0.29, 0.717) is 23.1 Å². The Balaban J connectivity index is 2.16. The number of nitrogens with one attached hydrogen (secondary N) is 2. The highest BCUT2D eigenvalue weighted by Crippen LogP contribution is 2.24. The van der Waals surface area contributed by atoms with E-state index in [2.05, 4.69) is 24.5 Å². The van der Waals surface area contributed by atoms with Crippen LogP contribution >= 0.6 is 0 Å². The van der Waals surface area contributed by atoms with Crippen LogP contribution in [0.25, 0.3) is 0 Å². The lowest BCUT2D eigenvalue weighted by molar-refractivity contribution is -0.115. The topological polar surface area (TPSA) is 61.4 Å². The maximum absolute atomic E-state index is 12.8. The molecule has 1 saturated heterocycles. The van der Waals surface area contributed by atoms with Crippen molar-refractivity contribution in [1.29, 1.82) is 0 Å². The monoisotopic (exact) mass is 317 g/mol. The highest BCUT2D eigenvalue weighted by atomic mass is 16.2. The van der Waals surface area contributed by atoms with E-state index in [1.165, 1.54) is 6.42 Å². The zero-order valence-electron chi connectivity index (χ0n) is 14.5. The van der Waals surface area contributed by atoms with E-state index in [9.17, 15) is 9.59 Å². The quantitative estimate of drug-likeness (QED) is 0.895. The fraction of sp³-hybridized carbons (Fsp3) is 0.556. The number of nitrogens with zero attached hydrogens (tertiary/aromatic N) is 1. The number of piperidine rings is 1. The fourth-order valence-electron chi connectivity index (χ4n) is 3.26. The standard InChI is InChI=1S/C18H27N3O2/c1-12-7-13(2)11-21(10-12)18(23)15-6-5-14(3)16(8-15)20-17(22)9-19-4/h5-6,8,12-13,19H,7,9-11H2,1-4H3,(H,20,22). The van der Waals surface area contributed by atoms with Gasteiger partial charge in [0.15, 0.2) is 0 Å². The molecule has 23 heavy (non-hydrogen) atoms. The Morgan fingerprint density at radius 1 is 1.22 bits per heavy atom. The summed E-state index contributed by atoms with van der Waals surface area (Å²) < 4.78 is 0. The predicted molar refractivity (Wildman–Crippen MR) is 92.6 cm³/mol. The van der Waals surface area contributed by atoms with Gasteiger partial charge >= 0.3 is 0 Å². The summed E-state index contributed by atoms with van der Waals surface area (Å²) in [5, 5.41) is 5.67. The van der Waals surface area contributed by atoms with Crippen molar-refractivity contribution in [3.8, 4) is 0 Å². The summed E-state index contributed by atoms with van der Waals surface area (Å²) in [4.78, 5) is 26.5. The number of rotatable bonds is 4. The lowest BCUT2D eigenvalue weighted by atomic mass is 9.91. The molecule has 0 aromatic heterocycles. The molecule has 5 heteroatoms. The number of carbonyl (C=O) groups is 2. The van der Waals surface area contributed by atoms with Gasteiger partial charge in [-0.05, 0) is 49.9 Å². The molecule has 0 spiro atoms. The minimum Gasteiger partial charge on any atom is -0.338 e. The molecular weight excluding hydrogens is 290 g/mol. The number of hydrogen-bond acceptors (Lipinski definition) is 3. The van der Waals surface area contributed by atoms with Gasteiger partial charge in [-0.3, -0.25) is 9.59 Å². The normalized spacial score (nSPS) is 21.1. The highest BCUT2D eigenvalue weighted by molar-refractivity contribution is 5.98. The number of hydrogen-bond donors (Lipinski definition) is 2. The van der Waals surface area contributed by atoms with Crippen molar-refractivity contribution >= 4 is 17.5 Å². The van der Waals surface area contributed by atoms with Gasteiger partial charge in [0.2, 0.25) is 5.91 Å². The Kier molecular flexibility index (Phi) is 5.77. The van der Waals surface area contributed by atoms with E-state index in [4.69, 9.17) is 0 Å². The molecule has 2 atom stereocenters. The number of likely N-dealkylation sites (N-methyl/N-ethyl adjacent to an activating group) is 1. The van der Waals surface area contributed by atoms with Crippen LogP contribution in [0.2, 0.25) is 0 Å². The molecule has 126 valence electrons. The van der Waals surface area contributed by atoms with E-state index in [1.807, 2.05) is 24.0 Å². The first-order valence-corrected chi connectivity index (χ1v) is 8.25. The molecule has 2 unspecified atom stereocenters. The van der Waals surface area contributed by atoms with E-state index >= 15 is 0 Å². The van der Waals surface area contributed by atoms with Crippen LogP contribution in [-0.4, -0.2) is 43.4 Å². The van der Waals surface area contributed by atoms with Crippen LogP contribution < -0.4 is 10.6 Å². The number of amides is 2. The third-order valence-electron chi connectivity index (χ3n) is 4.25. The molecular formula is C18H27N3O2. The molecule has 5 nitrogen and oxygen atoms in total. The first kappa shape index (κ1) is 17.5. The largest absolute Gasteiger partial charge is 0.338 e. The lowest BCUT2D eigenvalue weighted by Crippen LogP contribution is -2.42. The van der Waals surface area contributed by atoms with Crippen molar-refractivity contribution in [3.63, 3.8) is 0 Å². The number of anilines is 1. The van der Waals surface area contributed by atoms with Gasteiger partial charge in [0.05, 0.1) is 6.54 Å². The van der Waals surface area contributed by atoms with Crippen LogP contribution in [0.5, 0.6) is 0 Å². The third-order valence-corrected chi connectivity index (χ3v) is 4.25. The zero-order valence-corrected chi connectivity index (χ0v) is 14.5. The maximum atomic E-state index is 12.8. The zero-order chi connectivity index (χ0) is 17.0. The molecule has 0 aliphatic carbocycles. The SMILES string of the molecule is CNCC(=O)Nc1cc(C(=O)N2CC(C)CC(C)C2)ccc1C.